The highest BCUT2D eigenvalue weighted by molar-refractivity contribution is 7.25. The molecule has 7 aromatic rings. The summed E-state index contributed by atoms with van der Waals surface area (Å²) in [6.45, 7) is 0. The van der Waals surface area contributed by atoms with Crippen molar-refractivity contribution in [3.63, 3.8) is 0 Å². The van der Waals surface area contributed by atoms with Crippen LogP contribution in [0.15, 0.2) is 128 Å². The highest BCUT2D eigenvalue weighted by Crippen LogP contribution is 2.48. The molecule has 0 bridgehead atoms. The van der Waals surface area contributed by atoms with Crippen molar-refractivity contribution in [1.82, 2.24) is 15.4 Å². The second-order valence-corrected chi connectivity index (χ2v) is 10.0. The monoisotopic (exact) mass is 491 g/mol. The number of hydrogen-bond donors (Lipinski definition) is 0. The van der Waals surface area contributed by atoms with E-state index in [2.05, 4.69) is 131 Å². The molecule has 0 atom stereocenters. The Morgan fingerprint density at radius 2 is 1.19 bits per heavy atom. The van der Waals surface area contributed by atoms with E-state index in [-0.39, 0.29) is 0 Å². The van der Waals surface area contributed by atoms with Gasteiger partial charge in [-0.25, -0.2) is 0 Å². The van der Waals surface area contributed by atoms with E-state index >= 15 is 0 Å². The highest BCUT2D eigenvalue weighted by Gasteiger charge is 2.22. The Labute approximate surface area is 218 Å². The maximum absolute atomic E-state index is 4.53. The molecule has 0 fully saturated rings. The van der Waals surface area contributed by atoms with Crippen LogP contribution < -0.4 is 0 Å². The molecule has 2 aromatic heterocycles. The molecule has 0 unspecified atom stereocenters. The normalized spacial score (nSPS) is 11.2. The summed E-state index contributed by atoms with van der Waals surface area (Å²) in [4.78, 5) is 0. The molecule has 7 rings (SSSR count). The minimum atomic E-state index is 0.804. The zero-order valence-electron chi connectivity index (χ0n) is 19.9. The molecular formula is C33H21N3S. The number of hydrogen-bond acceptors (Lipinski definition) is 4. The first kappa shape index (κ1) is 21.6. The summed E-state index contributed by atoms with van der Waals surface area (Å²) in [5.74, 6) is 0. The summed E-state index contributed by atoms with van der Waals surface area (Å²) >= 11 is 1.83. The minimum absolute atomic E-state index is 0.804. The largest absolute Gasteiger partial charge is 0.139 e. The van der Waals surface area contributed by atoms with Gasteiger partial charge in [0.15, 0.2) is 0 Å². The maximum Gasteiger partial charge on any atom is 0.0976 e. The van der Waals surface area contributed by atoms with Gasteiger partial charge in [0.2, 0.25) is 0 Å². The van der Waals surface area contributed by atoms with Gasteiger partial charge in [0, 0.05) is 25.7 Å². The molecular weight excluding hydrogens is 470 g/mol. The lowest BCUT2D eigenvalue weighted by molar-refractivity contribution is 0.871. The Hall–Kier alpha value is -4.67. The fraction of sp³-hybridized carbons (Fsp3) is 0. The first-order valence-electron chi connectivity index (χ1n) is 12.2. The van der Waals surface area contributed by atoms with Gasteiger partial charge in [0.05, 0.1) is 11.9 Å². The number of thiophene rings is 1. The maximum atomic E-state index is 4.53. The molecule has 0 saturated carbocycles. The minimum Gasteiger partial charge on any atom is -0.139 e. The Bertz CT molecular complexity index is 1860. The first-order chi connectivity index (χ1) is 18.4. The van der Waals surface area contributed by atoms with Crippen LogP contribution in [-0.2, 0) is 0 Å². The van der Waals surface area contributed by atoms with Crippen molar-refractivity contribution in [3.05, 3.63) is 128 Å². The Morgan fingerprint density at radius 1 is 0.486 bits per heavy atom. The van der Waals surface area contributed by atoms with Gasteiger partial charge in [-0.05, 0) is 56.8 Å². The van der Waals surface area contributed by atoms with Crippen LogP contribution in [0.2, 0.25) is 0 Å². The van der Waals surface area contributed by atoms with Gasteiger partial charge in [-0.15, -0.1) is 21.5 Å². The van der Waals surface area contributed by atoms with Gasteiger partial charge in [-0.1, -0.05) is 103 Å². The lowest BCUT2D eigenvalue weighted by atomic mass is 9.83. The van der Waals surface area contributed by atoms with Crippen molar-refractivity contribution in [2.45, 2.75) is 0 Å². The molecule has 0 radical (unpaired) electrons. The smallest absolute Gasteiger partial charge is 0.0976 e. The molecule has 4 heteroatoms. The van der Waals surface area contributed by atoms with Crippen LogP contribution in [0.3, 0.4) is 0 Å². The molecule has 0 amide bonds. The van der Waals surface area contributed by atoms with Gasteiger partial charge in [0.1, 0.15) is 0 Å². The average molecular weight is 492 g/mol. The molecule has 3 nitrogen and oxygen atoms in total. The number of nitrogens with zero attached hydrogens (tertiary/aromatic N) is 3. The fourth-order valence-corrected chi connectivity index (χ4v) is 6.36. The summed E-state index contributed by atoms with van der Waals surface area (Å²) in [6, 6.07) is 42.8. The summed E-state index contributed by atoms with van der Waals surface area (Å²) in [7, 11) is 0. The van der Waals surface area contributed by atoms with Crippen LogP contribution >= 0.6 is 11.3 Å². The first-order valence-corrected chi connectivity index (χ1v) is 13.0. The third kappa shape index (κ3) is 3.70. The quantitative estimate of drug-likeness (QED) is 0.247. The number of rotatable bonds is 4. The van der Waals surface area contributed by atoms with Crippen molar-refractivity contribution >= 4 is 31.5 Å². The van der Waals surface area contributed by atoms with Crippen molar-refractivity contribution in [1.29, 1.82) is 0 Å². The van der Waals surface area contributed by atoms with Gasteiger partial charge < -0.3 is 0 Å². The molecule has 174 valence electrons. The summed E-state index contributed by atoms with van der Waals surface area (Å²) in [5.41, 5.74) is 8.79. The summed E-state index contributed by atoms with van der Waals surface area (Å²) in [6.07, 6.45) is 1.72. The van der Waals surface area contributed by atoms with Gasteiger partial charge in [-0.2, -0.15) is 0 Å². The molecule has 2 heterocycles. The molecule has 0 aliphatic carbocycles. The second kappa shape index (κ2) is 9.08. The topological polar surface area (TPSA) is 38.7 Å². The van der Waals surface area contributed by atoms with Gasteiger partial charge in [0.25, 0.3) is 0 Å². The fourth-order valence-electron chi connectivity index (χ4n) is 5.23. The van der Waals surface area contributed by atoms with E-state index < -0.39 is 0 Å². The zero-order chi connectivity index (χ0) is 24.6. The summed E-state index contributed by atoms with van der Waals surface area (Å²) < 4.78 is 2.57. The molecule has 0 spiro atoms. The van der Waals surface area contributed by atoms with Crippen LogP contribution in [0.5, 0.6) is 0 Å². The highest BCUT2D eigenvalue weighted by atomic mass is 32.1. The SMILES string of the molecule is c1ccc(-c2ccc(-c3cccc4sc5ccccc5c34)c(-c3ccnnn3)c2-c2ccccc2)cc1. The third-order valence-corrected chi connectivity index (χ3v) is 7.94. The zero-order valence-corrected chi connectivity index (χ0v) is 20.7. The molecule has 37 heavy (non-hydrogen) atoms. The lowest BCUT2D eigenvalue weighted by Gasteiger charge is -2.20. The predicted octanol–water partition coefficient (Wildman–Crippen LogP) is 8.91. The van der Waals surface area contributed by atoms with Crippen LogP contribution in [0.25, 0.3) is 64.8 Å². The Kier molecular flexibility index (Phi) is 5.30. The molecule has 0 aliphatic rings. The number of aromatic nitrogens is 3. The molecule has 5 aromatic carbocycles. The van der Waals surface area contributed by atoms with E-state index in [0.717, 1.165) is 39.1 Å². The van der Waals surface area contributed by atoms with Crippen molar-refractivity contribution in [2.24, 2.45) is 0 Å². The lowest BCUT2D eigenvalue weighted by Crippen LogP contribution is -1.98. The van der Waals surface area contributed by atoms with E-state index in [1.807, 2.05) is 17.4 Å². The summed E-state index contributed by atoms with van der Waals surface area (Å²) in [5, 5.41) is 15.1. The average Bonchev–Trinajstić information content (AvgIpc) is 3.37. The standard InChI is InChI=1S/C33H21N3S/c1-3-10-22(11-4-1)24-18-19-26(25-15-9-17-30-32(25)27-14-7-8-16-29(27)37-30)33(28-20-21-34-36-35-28)31(24)23-12-5-2-6-13-23/h1-21H. The van der Waals surface area contributed by atoms with E-state index in [1.54, 1.807) is 6.20 Å². The third-order valence-electron chi connectivity index (χ3n) is 6.80. The van der Waals surface area contributed by atoms with E-state index in [4.69, 9.17) is 0 Å². The van der Waals surface area contributed by atoms with Crippen molar-refractivity contribution in [3.8, 4) is 44.6 Å². The van der Waals surface area contributed by atoms with E-state index in [1.165, 1.54) is 25.7 Å². The van der Waals surface area contributed by atoms with Gasteiger partial charge >= 0.3 is 0 Å². The second-order valence-electron chi connectivity index (χ2n) is 8.93. The predicted molar refractivity (Wildman–Crippen MR) is 154 cm³/mol. The Balaban J connectivity index is 1.64. The van der Waals surface area contributed by atoms with E-state index in [9.17, 15) is 0 Å². The van der Waals surface area contributed by atoms with Crippen LogP contribution in [0, 0.1) is 0 Å². The number of fused-ring (bicyclic) bond motifs is 3. The molecule has 0 aliphatic heterocycles. The molecule has 0 saturated heterocycles. The van der Waals surface area contributed by atoms with Crippen LogP contribution in [0.1, 0.15) is 0 Å². The Morgan fingerprint density at radius 3 is 1.97 bits per heavy atom. The van der Waals surface area contributed by atoms with Crippen molar-refractivity contribution < 1.29 is 0 Å². The van der Waals surface area contributed by atoms with Crippen LogP contribution in [-0.4, -0.2) is 15.4 Å². The molecule has 0 N–H and O–H groups in total. The van der Waals surface area contributed by atoms with Gasteiger partial charge in [-0.3, -0.25) is 0 Å². The number of benzene rings is 5. The van der Waals surface area contributed by atoms with Crippen LogP contribution in [0.4, 0.5) is 0 Å². The van der Waals surface area contributed by atoms with Crippen molar-refractivity contribution in [2.75, 3.05) is 0 Å². The van der Waals surface area contributed by atoms with E-state index in [0.29, 0.717) is 0 Å².